The molecule has 0 saturated heterocycles. The number of halogens is 1. The summed E-state index contributed by atoms with van der Waals surface area (Å²) in [5, 5.41) is 2.20. The number of pyridine rings is 1. The Bertz CT molecular complexity index is 574. The number of fused-ring (bicyclic) bond motifs is 1. The maximum atomic E-state index is 6.18. The summed E-state index contributed by atoms with van der Waals surface area (Å²) in [7, 11) is 0. The van der Waals surface area contributed by atoms with Crippen molar-refractivity contribution in [3.05, 3.63) is 35.1 Å². The molecule has 3 rings (SSSR count). The van der Waals surface area contributed by atoms with Gasteiger partial charge in [-0.3, -0.25) is 4.98 Å². The van der Waals surface area contributed by atoms with Gasteiger partial charge in [0.15, 0.2) is 0 Å². The highest BCUT2D eigenvalue weighted by Crippen LogP contribution is 2.33. The molecule has 0 spiro atoms. The van der Waals surface area contributed by atoms with Gasteiger partial charge in [0.25, 0.3) is 0 Å². The fourth-order valence-electron chi connectivity index (χ4n) is 2.64. The van der Waals surface area contributed by atoms with Gasteiger partial charge in [-0.1, -0.05) is 12.1 Å². The Labute approximate surface area is 121 Å². The third-order valence-electron chi connectivity index (χ3n) is 3.71. The molecule has 100 valence electrons. The standard InChI is InChI=1S/C15H17BrN2O/c16-13-9-18-8-10-2-1-3-14(15(10)13)19-12-6-4-11(17)5-7-12/h1-3,8-9,11-12H,4-7,17H2. The first-order chi connectivity index (χ1) is 9.24. The summed E-state index contributed by atoms with van der Waals surface area (Å²) in [4.78, 5) is 4.19. The fourth-order valence-corrected chi connectivity index (χ4v) is 3.19. The first kappa shape index (κ1) is 12.9. The topological polar surface area (TPSA) is 48.1 Å². The third kappa shape index (κ3) is 2.74. The zero-order chi connectivity index (χ0) is 13.2. The van der Waals surface area contributed by atoms with E-state index in [1.54, 1.807) is 0 Å². The second kappa shape index (κ2) is 5.47. The summed E-state index contributed by atoms with van der Waals surface area (Å²) >= 11 is 3.56. The summed E-state index contributed by atoms with van der Waals surface area (Å²) in [5.74, 6) is 0.937. The zero-order valence-corrected chi connectivity index (χ0v) is 12.3. The van der Waals surface area contributed by atoms with Crippen LogP contribution in [0.2, 0.25) is 0 Å². The molecule has 1 aliphatic carbocycles. The molecule has 2 N–H and O–H groups in total. The van der Waals surface area contributed by atoms with Crippen molar-refractivity contribution < 1.29 is 4.74 Å². The van der Waals surface area contributed by atoms with Crippen molar-refractivity contribution in [1.82, 2.24) is 4.98 Å². The average Bonchev–Trinajstić information content (AvgIpc) is 2.42. The van der Waals surface area contributed by atoms with Crippen LogP contribution in [0.15, 0.2) is 35.1 Å². The van der Waals surface area contributed by atoms with Crippen LogP contribution in [-0.4, -0.2) is 17.1 Å². The first-order valence-corrected chi connectivity index (χ1v) is 7.48. The SMILES string of the molecule is NC1CCC(Oc2cccc3cncc(Br)c23)CC1. The smallest absolute Gasteiger partial charge is 0.128 e. The molecular weight excluding hydrogens is 304 g/mol. The van der Waals surface area contributed by atoms with Gasteiger partial charge in [-0.05, 0) is 47.7 Å². The normalized spacial score (nSPS) is 23.5. The Morgan fingerprint density at radius 2 is 1.95 bits per heavy atom. The van der Waals surface area contributed by atoms with Crippen molar-refractivity contribution >= 4 is 26.7 Å². The molecule has 1 aromatic carbocycles. The molecule has 0 bridgehead atoms. The predicted molar refractivity (Wildman–Crippen MR) is 80.3 cm³/mol. The van der Waals surface area contributed by atoms with Crippen molar-refractivity contribution in [2.45, 2.75) is 37.8 Å². The van der Waals surface area contributed by atoms with Gasteiger partial charge in [-0.2, -0.15) is 0 Å². The monoisotopic (exact) mass is 320 g/mol. The third-order valence-corrected chi connectivity index (χ3v) is 4.31. The van der Waals surface area contributed by atoms with Gasteiger partial charge >= 0.3 is 0 Å². The van der Waals surface area contributed by atoms with Gasteiger partial charge < -0.3 is 10.5 Å². The van der Waals surface area contributed by atoms with Crippen LogP contribution in [0.5, 0.6) is 5.75 Å². The van der Waals surface area contributed by atoms with Crippen molar-refractivity contribution in [2.75, 3.05) is 0 Å². The van der Waals surface area contributed by atoms with Crippen LogP contribution in [0, 0.1) is 0 Å². The molecule has 0 amide bonds. The van der Waals surface area contributed by atoms with E-state index in [4.69, 9.17) is 10.5 Å². The van der Waals surface area contributed by atoms with Gasteiger partial charge in [0.2, 0.25) is 0 Å². The van der Waals surface area contributed by atoms with Crippen LogP contribution in [0.4, 0.5) is 0 Å². The van der Waals surface area contributed by atoms with Crippen LogP contribution in [0.3, 0.4) is 0 Å². The van der Waals surface area contributed by atoms with E-state index in [2.05, 4.69) is 27.0 Å². The molecule has 4 heteroatoms. The van der Waals surface area contributed by atoms with E-state index >= 15 is 0 Å². The highest BCUT2D eigenvalue weighted by Gasteiger charge is 2.20. The van der Waals surface area contributed by atoms with Crippen molar-refractivity contribution in [1.29, 1.82) is 0 Å². The lowest BCUT2D eigenvalue weighted by molar-refractivity contribution is 0.149. The molecule has 0 unspecified atom stereocenters. The molecule has 1 fully saturated rings. The quantitative estimate of drug-likeness (QED) is 0.918. The van der Waals surface area contributed by atoms with Gasteiger partial charge in [-0.15, -0.1) is 0 Å². The van der Waals surface area contributed by atoms with Crippen LogP contribution in [0.1, 0.15) is 25.7 Å². The number of benzene rings is 1. The molecule has 2 aromatic rings. The van der Waals surface area contributed by atoms with E-state index in [1.807, 2.05) is 24.5 Å². The number of hydrogen-bond acceptors (Lipinski definition) is 3. The molecule has 0 atom stereocenters. The Morgan fingerprint density at radius 1 is 1.16 bits per heavy atom. The lowest BCUT2D eigenvalue weighted by atomic mass is 9.93. The van der Waals surface area contributed by atoms with Crippen LogP contribution in [0.25, 0.3) is 10.8 Å². The lowest BCUT2D eigenvalue weighted by Crippen LogP contribution is -2.31. The first-order valence-electron chi connectivity index (χ1n) is 6.68. The summed E-state index contributed by atoms with van der Waals surface area (Å²) in [6.45, 7) is 0. The van der Waals surface area contributed by atoms with Gasteiger partial charge in [0.05, 0.1) is 6.10 Å². The van der Waals surface area contributed by atoms with E-state index in [1.165, 1.54) is 0 Å². The molecule has 1 aliphatic rings. The van der Waals surface area contributed by atoms with E-state index in [9.17, 15) is 0 Å². The minimum absolute atomic E-state index is 0.283. The molecule has 0 radical (unpaired) electrons. The van der Waals surface area contributed by atoms with Gasteiger partial charge in [0.1, 0.15) is 5.75 Å². The zero-order valence-electron chi connectivity index (χ0n) is 10.7. The van der Waals surface area contributed by atoms with Crippen molar-refractivity contribution in [3.8, 4) is 5.75 Å². The van der Waals surface area contributed by atoms with Crippen molar-refractivity contribution in [3.63, 3.8) is 0 Å². The molecule has 1 heterocycles. The fraction of sp³-hybridized carbons (Fsp3) is 0.400. The van der Waals surface area contributed by atoms with E-state index in [0.717, 1.165) is 46.7 Å². The molecule has 1 saturated carbocycles. The number of aromatic nitrogens is 1. The molecule has 0 aliphatic heterocycles. The number of hydrogen-bond donors (Lipinski definition) is 1. The number of nitrogens with zero attached hydrogens (tertiary/aromatic N) is 1. The summed E-state index contributed by atoms with van der Waals surface area (Å²) in [5.41, 5.74) is 5.93. The Hall–Kier alpha value is -1.13. The largest absolute Gasteiger partial charge is 0.490 e. The highest BCUT2D eigenvalue weighted by molar-refractivity contribution is 9.10. The molecule has 1 aromatic heterocycles. The second-order valence-corrected chi connectivity index (χ2v) is 5.98. The second-order valence-electron chi connectivity index (χ2n) is 5.13. The summed E-state index contributed by atoms with van der Waals surface area (Å²) in [6.07, 6.45) is 8.15. The highest BCUT2D eigenvalue weighted by atomic mass is 79.9. The van der Waals surface area contributed by atoms with Crippen LogP contribution in [-0.2, 0) is 0 Å². The van der Waals surface area contributed by atoms with Crippen LogP contribution >= 0.6 is 15.9 Å². The van der Waals surface area contributed by atoms with Gasteiger partial charge in [-0.25, -0.2) is 0 Å². The Morgan fingerprint density at radius 3 is 2.74 bits per heavy atom. The van der Waals surface area contributed by atoms with Crippen LogP contribution < -0.4 is 10.5 Å². The number of nitrogens with two attached hydrogens (primary N) is 1. The molecular formula is C15H17BrN2O. The average molecular weight is 321 g/mol. The maximum Gasteiger partial charge on any atom is 0.128 e. The van der Waals surface area contributed by atoms with E-state index in [-0.39, 0.29) is 6.10 Å². The van der Waals surface area contributed by atoms with E-state index in [0.29, 0.717) is 6.04 Å². The minimum Gasteiger partial charge on any atom is -0.490 e. The Balaban J connectivity index is 1.88. The molecule has 3 nitrogen and oxygen atoms in total. The Kier molecular flexibility index (Phi) is 3.71. The summed E-state index contributed by atoms with van der Waals surface area (Å²) < 4.78 is 7.16. The number of ether oxygens (including phenoxy) is 1. The minimum atomic E-state index is 0.283. The van der Waals surface area contributed by atoms with Gasteiger partial charge in [0, 0.05) is 33.7 Å². The van der Waals surface area contributed by atoms with Crippen molar-refractivity contribution in [2.24, 2.45) is 5.73 Å². The lowest BCUT2D eigenvalue weighted by Gasteiger charge is -2.27. The summed E-state index contributed by atoms with van der Waals surface area (Å²) in [6, 6.07) is 6.45. The van der Waals surface area contributed by atoms with E-state index < -0.39 is 0 Å². The molecule has 19 heavy (non-hydrogen) atoms. The predicted octanol–water partition coefficient (Wildman–Crippen LogP) is 3.65. The maximum absolute atomic E-state index is 6.18. The number of rotatable bonds is 2.